The van der Waals surface area contributed by atoms with Crippen LogP contribution in [0.5, 0.6) is 0 Å². The molecule has 0 saturated heterocycles. The molecule has 0 heterocycles. The monoisotopic (exact) mass is 248 g/mol. The van der Waals surface area contributed by atoms with Crippen LogP contribution in [-0.4, -0.2) is 29.4 Å². The van der Waals surface area contributed by atoms with Crippen molar-refractivity contribution in [3.8, 4) is 0 Å². The first-order valence-electron chi connectivity index (χ1n) is 6.22. The summed E-state index contributed by atoms with van der Waals surface area (Å²) in [4.78, 5) is 14.2. The van der Waals surface area contributed by atoms with E-state index in [-0.39, 0.29) is 18.3 Å². The molecule has 1 aliphatic rings. The number of rotatable bonds is 4. The predicted octanol–water partition coefficient (Wildman–Crippen LogP) is 2.33. The van der Waals surface area contributed by atoms with Gasteiger partial charge < -0.3 is 10.6 Å². The first-order valence-corrected chi connectivity index (χ1v) is 6.22. The lowest BCUT2D eigenvalue weighted by molar-refractivity contribution is -0.138. The molecule has 96 valence electrons. The third-order valence-electron chi connectivity index (χ3n) is 3.33. The lowest BCUT2D eigenvalue weighted by Gasteiger charge is -2.36. The highest BCUT2D eigenvalue weighted by Crippen LogP contribution is 2.27. The van der Waals surface area contributed by atoms with Crippen molar-refractivity contribution in [1.82, 2.24) is 4.90 Å². The number of amides is 1. The van der Waals surface area contributed by atoms with Gasteiger partial charge in [-0.1, -0.05) is 26.2 Å². The number of hydrogen-bond acceptors (Lipinski definition) is 2. The van der Waals surface area contributed by atoms with E-state index in [1.807, 2.05) is 11.8 Å². The third kappa shape index (κ3) is 3.63. The van der Waals surface area contributed by atoms with Gasteiger partial charge in [0.05, 0.1) is 5.54 Å². The highest BCUT2D eigenvalue weighted by molar-refractivity contribution is 5.86. The van der Waals surface area contributed by atoms with Gasteiger partial charge in [0.2, 0.25) is 5.91 Å². The molecule has 0 spiro atoms. The van der Waals surface area contributed by atoms with Crippen LogP contribution in [0, 0.1) is 0 Å². The van der Waals surface area contributed by atoms with Gasteiger partial charge in [-0.25, -0.2) is 0 Å². The molecule has 1 fully saturated rings. The van der Waals surface area contributed by atoms with Crippen molar-refractivity contribution in [2.45, 2.75) is 57.9 Å². The number of hydrogen-bond donors (Lipinski definition) is 1. The van der Waals surface area contributed by atoms with Crippen LogP contribution >= 0.6 is 12.4 Å². The minimum atomic E-state index is -0.552. The average Bonchev–Trinajstić information content (AvgIpc) is 2.26. The molecule has 2 N–H and O–H groups in total. The number of nitrogens with zero attached hydrogens (tertiary/aromatic N) is 1. The van der Waals surface area contributed by atoms with E-state index in [1.165, 1.54) is 6.42 Å². The first-order chi connectivity index (χ1) is 7.14. The second kappa shape index (κ2) is 7.13. The maximum Gasteiger partial charge on any atom is 0.242 e. The largest absolute Gasteiger partial charge is 0.341 e. The van der Waals surface area contributed by atoms with Crippen LogP contribution in [0.2, 0.25) is 0 Å². The van der Waals surface area contributed by atoms with Crippen molar-refractivity contribution in [3.63, 3.8) is 0 Å². The fraction of sp³-hybridized carbons (Fsp3) is 0.917. The molecule has 16 heavy (non-hydrogen) atoms. The van der Waals surface area contributed by atoms with Crippen LogP contribution in [0.3, 0.4) is 0 Å². The Labute approximate surface area is 105 Å². The van der Waals surface area contributed by atoms with Crippen molar-refractivity contribution in [2.75, 3.05) is 13.1 Å². The molecule has 3 nitrogen and oxygen atoms in total. The van der Waals surface area contributed by atoms with Gasteiger partial charge in [0, 0.05) is 13.1 Å². The van der Waals surface area contributed by atoms with E-state index < -0.39 is 5.54 Å². The smallest absolute Gasteiger partial charge is 0.242 e. The quantitative estimate of drug-likeness (QED) is 0.830. The van der Waals surface area contributed by atoms with Crippen molar-refractivity contribution in [2.24, 2.45) is 5.73 Å². The minimum absolute atomic E-state index is 0. The van der Waals surface area contributed by atoms with E-state index in [4.69, 9.17) is 5.73 Å². The second-order valence-corrected chi connectivity index (χ2v) is 4.60. The Morgan fingerprint density at radius 3 is 2.25 bits per heavy atom. The molecule has 1 amide bonds. The Hall–Kier alpha value is -0.280. The van der Waals surface area contributed by atoms with E-state index >= 15 is 0 Å². The molecule has 0 radical (unpaired) electrons. The molecule has 1 saturated carbocycles. The molecule has 0 bridgehead atoms. The van der Waals surface area contributed by atoms with Gasteiger partial charge >= 0.3 is 0 Å². The van der Waals surface area contributed by atoms with Crippen LogP contribution in [0.25, 0.3) is 0 Å². The fourth-order valence-corrected chi connectivity index (χ4v) is 2.38. The lowest BCUT2D eigenvalue weighted by Crippen LogP contribution is -2.56. The summed E-state index contributed by atoms with van der Waals surface area (Å²) in [6, 6.07) is 0. The van der Waals surface area contributed by atoms with Crippen LogP contribution in [0.4, 0.5) is 0 Å². The first kappa shape index (κ1) is 15.7. The topological polar surface area (TPSA) is 46.3 Å². The van der Waals surface area contributed by atoms with Crippen molar-refractivity contribution >= 4 is 18.3 Å². The maximum atomic E-state index is 12.2. The second-order valence-electron chi connectivity index (χ2n) is 4.60. The van der Waals surface area contributed by atoms with Crippen LogP contribution in [-0.2, 0) is 4.79 Å². The summed E-state index contributed by atoms with van der Waals surface area (Å²) >= 11 is 0. The summed E-state index contributed by atoms with van der Waals surface area (Å²) < 4.78 is 0. The third-order valence-corrected chi connectivity index (χ3v) is 3.33. The Bertz CT molecular complexity index is 215. The van der Waals surface area contributed by atoms with Crippen LogP contribution in [0.1, 0.15) is 52.4 Å². The highest BCUT2D eigenvalue weighted by atomic mass is 35.5. The predicted molar refractivity (Wildman–Crippen MR) is 69.8 cm³/mol. The van der Waals surface area contributed by atoms with Gasteiger partial charge in [-0.3, -0.25) is 4.79 Å². The van der Waals surface area contributed by atoms with Gasteiger partial charge in [-0.05, 0) is 26.2 Å². The van der Waals surface area contributed by atoms with Crippen molar-refractivity contribution in [1.29, 1.82) is 0 Å². The molecular formula is C12H25ClN2O. The van der Waals surface area contributed by atoms with Crippen molar-refractivity contribution in [3.05, 3.63) is 0 Å². The standard InChI is InChI=1S/C12H24N2O.ClH/c1-3-10-14(4-2)11(15)12(13)8-6-5-7-9-12;/h3-10,13H2,1-2H3;1H. The number of carbonyl (C=O) groups excluding carboxylic acids is 1. The lowest BCUT2D eigenvalue weighted by atomic mass is 9.81. The molecule has 0 aliphatic heterocycles. The summed E-state index contributed by atoms with van der Waals surface area (Å²) in [6.45, 7) is 5.75. The molecule has 1 aliphatic carbocycles. The summed E-state index contributed by atoms with van der Waals surface area (Å²) in [7, 11) is 0. The zero-order valence-corrected chi connectivity index (χ0v) is 11.3. The molecule has 0 aromatic rings. The van der Waals surface area contributed by atoms with E-state index in [0.717, 1.165) is 45.2 Å². The Balaban J connectivity index is 0.00000225. The number of likely N-dealkylation sites (N-methyl/N-ethyl adjacent to an activating group) is 1. The minimum Gasteiger partial charge on any atom is -0.341 e. The van der Waals surface area contributed by atoms with E-state index in [0.29, 0.717) is 0 Å². The van der Waals surface area contributed by atoms with Gasteiger partial charge in [0.25, 0.3) is 0 Å². The Morgan fingerprint density at radius 1 is 1.25 bits per heavy atom. The molecule has 0 aromatic heterocycles. The average molecular weight is 249 g/mol. The molecule has 1 rings (SSSR count). The van der Waals surface area contributed by atoms with Crippen LogP contribution in [0.15, 0.2) is 0 Å². The number of nitrogens with two attached hydrogens (primary N) is 1. The summed E-state index contributed by atoms with van der Waals surface area (Å²) in [5.74, 6) is 0.173. The van der Waals surface area contributed by atoms with E-state index in [2.05, 4.69) is 6.92 Å². The number of halogens is 1. The molecule has 0 unspecified atom stereocenters. The van der Waals surface area contributed by atoms with Gasteiger partial charge in [0.15, 0.2) is 0 Å². The Kier molecular flexibility index (Phi) is 7.00. The normalized spacial score (nSPS) is 18.7. The van der Waals surface area contributed by atoms with Gasteiger partial charge in [-0.15, -0.1) is 12.4 Å². The Morgan fingerprint density at radius 2 is 1.81 bits per heavy atom. The van der Waals surface area contributed by atoms with Gasteiger partial charge in [-0.2, -0.15) is 0 Å². The SMILES string of the molecule is CCCN(CC)C(=O)C1(N)CCCCC1.Cl. The molecule has 0 atom stereocenters. The van der Waals surface area contributed by atoms with Crippen molar-refractivity contribution < 1.29 is 4.79 Å². The zero-order chi connectivity index (χ0) is 11.3. The zero-order valence-electron chi connectivity index (χ0n) is 10.5. The summed E-state index contributed by atoms with van der Waals surface area (Å²) in [5, 5.41) is 0. The summed E-state index contributed by atoms with van der Waals surface area (Å²) in [5.41, 5.74) is 5.67. The van der Waals surface area contributed by atoms with E-state index in [1.54, 1.807) is 0 Å². The molecule has 0 aromatic carbocycles. The molecule has 4 heteroatoms. The van der Waals surface area contributed by atoms with E-state index in [9.17, 15) is 4.79 Å². The summed E-state index contributed by atoms with van der Waals surface area (Å²) in [6.07, 6.45) is 6.18. The maximum absolute atomic E-state index is 12.2. The number of carbonyl (C=O) groups is 1. The van der Waals surface area contributed by atoms with Crippen LogP contribution < -0.4 is 5.73 Å². The van der Waals surface area contributed by atoms with Gasteiger partial charge in [0.1, 0.15) is 0 Å². The fourth-order valence-electron chi connectivity index (χ4n) is 2.38. The molecular weight excluding hydrogens is 224 g/mol. The highest BCUT2D eigenvalue weighted by Gasteiger charge is 2.37.